The van der Waals surface area contributed by atoms with Gasteiger partial charge in [0.05, 0.1) is 0 Å². The number of carbonyl (C=O) groups is 1. The Morgan fingerprint density at radius 1 is 1.11 bits per heavy atom. The molecule has 0 fully saturated rings. The number of H-pyrrole nitrogens is 1. The minimum absolute atomic E-state index is 0.0582. The molecular formula is C15H15N2O+. The van der Waals surface area contributed by atoms with Gasteiger partial charge in [-0.2, -0.15) is 0 Å². The first-order chi connectivity index (χ1) is 8.74. The first-order valence-electron chi connectivity index (χ1n) is 5.76. The van der Waals surface area contributed by atoms with Gasteiger partial charge in [0.1, 0.15) is 0 Å². The lowest BCUT2D eigenvalue weighted by Crippen LogP contribution is -2.05. The molecule has 0 aliphatic carbocycles. The molecule has 0 bridgehead atoms. The van der Waals surface area contributed by atoms with Crippen molar-refractivity contribution in [2.45, 2.75) is 6.92 Å². The van der Waals surface area contributed by atoms with E-state index in [4.69, 9.17) is 0 Å². The Morgan fingerprint density at radius 2 is 1.89 bits per heavy atom. The molecule has 0 unspecified atom stereocenters. The number of hydrogen-bond acceptors (Lipinski definition) is 1. The van der Waals surface area contributed by atoms with Crippen molar-refractivity contribution in [3.05, 3.63) is 59.9 Å². The summed E-state index contributed by atoms with van der Waals surface area (Å²) in [6.45, 7) is 1.50. The van der Waals surface area contributed by atoms with Gasteiger partial charge in [0.15, 0.2) is 6.20 Å². The molecule has 0 aliphatic heterocycles. The van der Waals surface area contributed by atoms with Crippen LogP contribution in [0, 0.1) is 0 Å². The lowest BCUT2D eigenvalue weighted by molar-refractivity contribution is -0.380. The second-order valence-electron chi connectivity index (χ2n) is 3.95. The SMILES string of the molecule is CC(=O)Nc1ccc(/C=C/c2cccc[nH+]2)cc1. The summed E-state index contributed by atoms with van der Waals surface area (Å²) in [6.07, 6.45) is 5.91. The number of carbonyl (C=O) groups excluding carboxylic acids is 1. The predicted octanol–water partition coefficient (Wildman–Crippen LogP) is 2.63. The number of amides is 1. The van der Waals surface area contributed by atoms with Gasteiger partial charge in [0.25, 0.3) is 0 Å². The molecule has 0 saturated carbocycles. The Morgan fingerprint density at radius 3 is 2.50 bits per heavy atom. The number of rotatable bonds is 3. The summed E-state index contributed by atoms with van der Waals surface area (Å²) in [4.78, 5) is 14.0. The maximum atomic E-state index is 10.9. The van der Waals surface area contributed by atoms with Gasteiger partial charge in [-0.15, -0.1) is 0 Å². The van der Waals surface area contributed by atoms with Crippen molar-refractivity contribution in [3.8, 4) is 0 Å². The van der Waals surface area contributed by atoms with Gasteiger partial charge in [-0.25, -0.2) is 4.98 Å². The van der Waals surface area contributed by atoms with Crippen LogP contribution in [0.15, 0.2) is 48.7 Å². The van der Waals surface area contributed by atoms with Crippen molar-refractivity contribution >= 4 is 23.7 Å². The third-order valence-electron chi connectivity index (χ3n) is 2.42. The highest BCUT2D eigenvalue weighted by Gasteiger charge is 1.95. The average molecular weight is 239 g/mol. The van der Waals surface area contributed by atoms with Crippen LogP contribution in [0.2, 0.25) is 0 Å². The molecular weight excluding hydrogens is 224 g/mol. The van der Waals surface area contributed by atoms with E-state index in [0.29, 0.717) is 0 Å². The molecule has 1 heterocycles. The Labute approximate surface area is 106 Å². The molecule has 1 aromatic heterocycles. The topological polar surface area (TPSA) is 43.2 Å². The van der Waals surface area contributed by atoms with Crippen molar-refractivity contribution in [1.29, 1.82) is 0 Å². The number of aromatic amines is 1. The van der Waals surface area contributed by atoms with Gasteiger partial charge < -0.3 is 5.32 Å². The maximum absolute atomic E-state index is 10.9. The van der Waals surface area contributed by atoms with Crippen LogP contribution in [0.4, 0.5) is 5.69 Å². The van der Waals surface area contributed by atoms with E-state index in [0.717, 1.165) is 16.9 Å². The molecule has 1 amide bonds. The van der Waals surface area contributed by atoms with E-state index in [-0.39, 0.29) is 5.91 Å². The molecule has 0 radical (unpaired) electrons. The third kappa shape index (κ3) is 3.56. The smallest absolute Gasteiger partial charge is 0.221 e. The number of aromatic nitrogens is 1. The fraction of sp³-hybridized carbons (Fsp3) is 0.0667. The van der Waals surface area contributed by atoms with E-state index in [1.807, 2.05) is 60.8 Å². The van der Waals surface area contributed by atoms with E-state index >= 15 is 0 Å². The van der Waals surface area contributed by atoms with E-state index in [1.165, 1.54) is 6.92 Å². The van der Waals surface area contributed by atoms with E-state index < -0.39 is 0 Å². The number of benzene rings is 1. The summed E-state index contributed by atoms with van der Waals surface area (Å²) in [6, 6.07) is 13.6. The molecule has 2 N–H and O–H groups in total. The van der Waals surface area contributed by atoms with Gasteiger partial charge in [-0.1, -0.05) is 12.1 Å². The average Bonchev–Trinajstić information content (AvgIpc) is 2.38. The van der Waals surface area contributed by atoms with Crippen LogP contribution >= 0.6 is 0 Å². The highest BCUT2D eigenvalue weighted by atomic mass is 16.1. The number of anilines is 1. The first kappa shape index (κ1) is 12.0. The molecule has 18 heavy (non-hydrogen) atoms. The lowest BCUT2D eigenvalue weighted by atomic mass is 10.2. The monoisotopic (exact) mass is 239 g/mol. The van der Waals surface area contributed by atoms with Gasteiger partial charge in [-0.3, -0.25) is 4.79 Å². The molecule has 2 rings (SSSR count). The minimum Gasteiger partial charge on any atom is -0.326 e. The standard InChI is InChI=1S/C15H14N2O/c1-12(18)17-15-9-6-13(7-10-15)5-8-14-4-2-3-11-16-14/h2-11H,1H3,(H,17,18)/p+1/b8-5+. The normalized spacial score (nSPS) is 10.5. The second kappa shape index (κ2) is 5.77. The van der Waals surface area contributed by atoms with Crippen LogP contribution in [0.5, 0.6) is 0 Å². The Balaban J connectivity index is 2.06. The molecule has 0 spiro atoms. The van der Waals surface area contributed by atoms with Crippen LogP contribution in [0.3, 0.4) is 0 Å². The van der Waals surface area contributed by atoms with E-state index in [9.17, 15) is 4.79 Å². The third-order valence-corrected chi connectivity index (χ3v) is 2.42. The van der Waals surface area contributed by atoms with Crippen molar-refractivity contribution in [2.24, 2.45) is 0 Å². The largest absolute Gasteiger partial charge is 0.326 e. The molecule has 3 heteroatoms. The van der Waals surface area contributed by atoms with Gasteiger partial charge in [-0.05, 0) is 29.8 Å². The summed E-state index contributed by atoms with van der Waals surface area (Å²) in [5.74, 6) is -0.0582. The van der Waals surface area contributed by atoms with Crippen molar-refractivity contribution in [1.82, 2.24) is 0 Å². The zero-order valence-electron chi connectivity index (χ0n) is 10.2. The molecule has 2 aromatic rings. The van der Waals surface area contributed by atoms with Crippen LogP contribution in [-0.4, -0.2) is 5.91 Å². The van der Waals surface area contributed by atoms with Gasteiger partial charge >= 0.3 is 0 Å². The summed E-state index contributed by atoms with van der Waals surface area (Å²) < 4.78 is 0. The van der Waals surface area contributed by atoms with E-state index in [2.05, 4.69) is 10.3 Å². The number of pyridine rings is 1. The van der Waals surface area contributed by atoms with Crippen molar-refractivity contribution < 1.29 is 9.78 Å². The van der Waals surface area contributed by atoms with Gasteiger partial charge in [0, 0.05) is 30.8 Å². The van der Waals surface area contributed by atoms with Crippen molar-refractivity contribution in [3.63, 3.8) is 0 Å². The predicted molar refractivity (Wildman–Crippen MR) is 72.7 cm³/mol. The second-order valence-corrected chi connectivity index (χ2v) is 3.95. The van der Waals surface area contributed by atoms with Crippen LogP contribution in [-0.2, 0) is 4.79 Å². The number of nitrogens with one attached hydrogen (secondary N) is 2. The molecule has 0 saturated heterocycles. The van der Waals surface area contributed by atoms with E-state index in [1.54, 1.807) is 0 Å². The highest BCUT2D eigenvalue weighted by Crippen LogP contribution is 2.11. The Kier molecular flexibility index (Phi) is 3.86. The van der Waals surface area contributed by atoms with Crippen LogP contribution < -0.4 is 10.3 Å². The van der Waals surface area contributed by atoms with Gasteiger partial charge in [0.2, 0.25) is 11.6 Å². The summed E-state index contributed by atoms with van der Waals surface area (Å²) >= 11 is 0. The lowest BCUT2D eigenvalue weighted by Gasteiger charge is -2.01. The summed E-state index contributed by atoms with van der Waals surface area (Å²) in [5.41, 5.74) is 2.94. The summed E-state index contributed by atoms with van der Waals surface area (Å²) in [7, 11) is 0. The molecule has 90 valence electrons. The fourth-order valence-electron chi connectivity index (χ4n) is 1.58. The Hall–Kier alpha value is -2.42. The first-order valence-corrected chi connectivity index (χ1v) is 5.76. The van der Waals surface area contributed by atoms with Crippen LogP contribution in [0.1, 0.15) is 18.2 Å². The minimum atomic E-state index is -0.0582. The fourth-order valence-corrected chi connectivity index (χ4v) is 1.58. The molecule has 0 atom stereocenters. The molecule has 1 aromatic carbocycles. The zero-order valence-corrected chi connectivity index (χ0v) is 10.2. The maximum Gasteiger partial charge on any atom is 0.221 e. The Bertz CT molecular complexity index is 544. The number of hydrogen-bond donors (Lipinski definition) is 1. The molecule has 3 nitrogen and oxygen atoms in total. The summed E-state index contributed by atoms with van der Waals surface area (Å²) in [5, 5.41) is 2.74. The van der Waals surface area contributed by atoms with Crippen LogP contribution in [0.25, 0.3) is 12.2 Å². The highest BCUT2D eigenvalue weighted by molar-refractivity contribution is 5.88. The zero-order chi connectivity index (χ0) is 12.8. The molecule has 0 aliphatic rings. The van der Waals surface area contributed by atoms with Crippen molar-refractivity contribution in [2.75, 3.05) is 5.32 Å². The quantitative estimate of drug-likeness (QED) is 0.879.